The summed E-state index contributed by atoms with van der Waals surface area (Å²) in [5.74, 6) is -0.255. The zero-order valence-electron chi connectivity index (χ0n) is 9.96. The molecule has 0 heterocycles. The van der Waals surface area contributed by atoms with Gasteiger partial charge in [0.2, 0.25) is 0 Å². The first kappa shape index (κ1) is 12.4. The van der Waals surface area contributed by atoms with Gasteiger partial charge in [-0.25, -0.2) is 0 Å². The predicted molar refractivity (Wildman–Crippen MR) is 62.0 cm³/mol. The van der Waals surface area contributed by atoms with Crippen LogP contribution in [0.4, 0.5) is 5.69 Å². The maximum atomic E-state index is 11.4. The number of aryl methyl sites for hydroxylation is 1. The number of nitro benzene ring substituents is 1. The summed E-state index contributed by atoms with van der Waals surface area (Å²) in [4.78, 5) is 21.9. The number of nitrogens with zero attached hydrogens (tertiary/aromatic N) is 1. The van der Waals surface area contributed by atoms with Crippen molar-refractivity contribution in [2.24, 2.45) is 0 Å². The van der Waals surface area contributed by atoms with Crippen molar-refractivity contribution in [3.05, 3.63) is 38.4 Å². The van der Waals surface area contributed by atoms with Crippen LogP contribution >= 0.6 is 0 Å². The number of nitro groups is 1. The molecule has 0 N–H and O–H groups in total. The van der Waals surface area contributed by atoms with Crippen molar-refractivity contribution in [1.29, 1.82) is 0 Å². The van der Waals surface area contributed by atoms with E-state index in [0.717, 1.165) is 23.1 Å². The van der Waals surface area contributed by atoms with E-state index in [0.29, 0.717) is 0 Å². The fraction of sp³-hybridized carbons (Fsp3) is 0.417. The highest BCUT2D eigenvalue weighted by molar-refractivity contribution is 6.00. The zero-order chi connectivity index (χ0) is 12.5. The second-order valence-corrected chi connectivity index (χ2v) is 3.85. The van der Waals surface area contributed by atoms with Crippen LogP contribution in [-0.2, 0) is 6.42 Å². The summed E-state index contributed by atoms with van der Waals surface area (Å²) in [5.41, 5.74) is 2.78. The van der Waals surface area contributed by atoms with Gasteiger partial charge in [0, 0.05) is 6.07 Å². The molecule has 4 nitrogen and oxygen atoms in total. The van der Waals surface area contributed by atoms with Crippen LogP contribution in [0.25, 0.3) is 0 Å². The summed E-state index contributed by atoms with van der Waals surface area (Å²) in [6, 6.07) is 1.51. The van der Waals surface area contributed by atoms with Gasteiger partial charge in [-0.1, -0.05) is 6.92 Å². The molecular weight excluding hydrogens is 206 g/mol. The van der Waals surface area contributed by atoms with Crippen LogP contribution in [0.15, 0.2) is 6.07 Å². The van der Waals surface area contributed by atoms with Crippen molar-refractivity contribution in [1.82, 2.24) is 0 Å². The van der Waals surface area contributed by atoms with E-state index in [2.05, 4.69) is 0 Å². The second kappa shape index (κ2) is 4.43. The van der Waals surface area contributed by atoms with Gasteiger partial charge in [0.25, 0.3) is 5.69 Å². The van der Waals surface area contributed by atoms with Crippen LogP contribution in [0.2, 0.25) is 0 Å². The van der Waals surface area contributed by atoms with E-state index < -0.39 is 4.92 Å². The lowest BCUT2D eigenvalue weighted by Gasteiger charge is -2.11. The van der Waals surface area contributed by atoms with E-state index >= 15 is 0 Å². The van der Waals surface area contributed by atoms with Gasteiger partial charge in [0.1, 0.15) is 0 Å². The number of carbonyl (C=O) groups excluding carboxylic acids is 1. The highest BCUT2D eigenvalue weighted by atomic mass is 16.6. The van der Waals surface area contributed by atoms with Crippen LogP contribution in [0.5, 0.6) is 0 Å². The van der Waals surface area contributed by atoms with Crippen molar-refractivity contribution < 1.29 is 9.72 Å². The van der Waals surface area contributed by atoms with E-state index in [9.17, 15) is 14.9 Å². The Morgan fingerprint density at radius 3 is 2.31 bits per heavy atom. The summed E-state index contributed by atoms with van der Waals surface area (Å²) in [6.45, 7) is 6.96. The monoisotopic (exact) mass is 221 g/mol. The first-order valence-corrected chi connectivity index (χ1v) is 5.18. The van der Waals surface area contributed by atoms with Crippen LogP contribution in [0.3, 0.4) is 0 Å². The minimum absolute atomic E-state index is 0.0764. The lowest BCUT2D eigenvalue weighted by molar-refractivity contribution is -0.385. The molecule has 0 atom stereocenters. The molecule has 1 rings (SSSR count). The Balaban J connectivity index is 3.65. The average molecular weight is 221 g/mol. The Labute approximate surface area is 94.4 Å². The summed E-state index contributed by atoms with van der Waals surface area (Å²) < 4.78 is 0. The molecule has 16 heavy (non-hydrogen) atoms. The van der Waals surface area contributed by atoms with Crippen molar-refractivity contribution in [2.75, 3.05) is 0 Å². The molecule has 0 saturated heterocycles. The zero-order valence-corrected chi connectivity index (χ0v) is 9.96. The normalized spacial score (nSPS) is 10.2. The van der Waals surface area contributed by atoms with E-state index in [4.69, 9.17) is 0 Å². The number of Topliss-reactive ketones (excluding diaryl/α,β-unsaturated/α-hetero) is 1. The number of hydrogen-bond acceptors (Lipinski definition) is 3. The molecule has 0 unspecified atom stereocenters. The first-order chi connectivity index (χ1) is 7.40. The molecule has 0 radical (unpaired) electrons. The Bertz CT molecular complexity index is 464. The van der Waals surface area contributed by atoms with Gasteiger partial charge in [-0.2, -0.15) is 0 Å². The van der Waals surface area contributed by atoms with Gasteiger partial charge in [0.05, 0.1) is 10.5 Å². The Kier molecular flexibility index (Phi) is 3.42. The molecule has 1 aromatic rings. The third-order valence-electron chi connectivity index (χ3n) is 2.92. The van der Waals surface area contributed by atoms with Gasteiger partial charge < -0.3 is 0 Å². The minimum atomic E-state index is -0.484. The van der Waals surface area contributed by atoms with Crippen molar-refractivity contribution in [3.63, 3.8) is 0 Å². The van der Waals surface area contributed by atoms with E-state index in [1.54, 1.807) is 6.92 Å². The molecule has 4 heteroatoms. The summed E-state index contributed by atoms with van der Waals surface area (Å²) in [5, 5.41) is 10.9. The molecule has 0 aliphatic heterocycles. The topological polar surface area (TPSA) is 60.2 Å². The van der Waals surface area contributed by atoms with E-state index in [1.165, 1.54) is 13.0 Å². The number of carbonyl (C=O) groups is 1. The molecule has 0 aromatic heterocycles. The van der Waals surface area contributed by atoms with Gasteiger partial charge in [-0.15, -0.1) is 0 Å². The van der Waals surface area contributed by atoms with Crippen molar-refractivity contribution >= 4 is 11.5 Å². The smallest absolute Gasteiger partial charge is 0.280 e. The van der Waals surface area contributed by atoms with Gasteiger partial charge in [0.15, 0.2) is 5.78 Å². The number of hydrogen-bond donors (Lipinski definition) is 0. The van der Waals surface area contributed by atoms with Crippen molar-refractivity contribution in [2.45, 2.75) is 34.1 Å². The lowest BCUT2D eigenvalue weighted by Crippen LogP contribution is -2.06. The minimum Gasteiger partial charge on any atom is -0.294 e. The number of benzene rings is 1. The Hall–Kier alpha value is -1.71. The fourth-order valence-electron chi connectivity index (χ4n) is 1.92. The third kappa shape index (κ3) is 1.96. The highest BCUT2D eigenvalue weighted by Crippen LogP contribution is 2.28. The molecule has 0 aliphatic rings. The van der Waals surface area contributed by atoms with Gasteiger partial charge in [-0.05, 0) is 43.9 Å². The average Bonchev–Trinajstić information content (AvgIpc) is 2.20. The van der Waals surface area contributed by atoms with E-state index in [-0.39, 0.29) is 17.0 Å². The maximum Gasteiger partial charge on any atom is 0.280 e. The van der Waals surface area contributed by atoms with E-state index in [1.807, 2.05) is 13.8 Å². The van der Waals surface area contributed by atoms with Crippen molar-refractivity contribution in [3.8, 4) is 0 Å². The number of ketones is 1. The molecule has 0 bridgehead atoms. The second-order valence-electron chi connectivity index (χ2n) is 3.85. The summed E-state index contributed by atoms with van der Waals surface area (Å²) in [7, 11) is 0. The largest absolute Gasteiger partial charge is 0.294 e. The summed E-state index contributed by atoms with van der Waals surface area (Å²) in [6.07, 6.45) is 0.728. The fourth-order valence-corrected chi connectivity index (χ4v) is 1.92. The summed E-state index contributed by atoms with van der Waals surface area (Å²) >= 11 is 0. The maximum absolute atomic E-state index is 11.4. The third-order valence-corrected chi connectivity index (χ3v) is 2.92. The Morgan fingerprint density at radius 2 is 1.94 bits per heavy atom. The number of rotatable bonds is 3. The molecule has 0 amide bonds. The predicted octanol–water partition coefficient (Wildman–Crippen LogP) is 2.98. The van der Waals surface area contributed by atoms with Gasteiger partial charge in [-0.3, -0.25) is 14.9 Å². The SMILES string of the molecule is CCc1cc([N+](=O)[O-])c(C(C)=O)c(C)c1C. The lowest BCUT2D eigenvalue weighted by atomic mass is 9.93. The van der Waals surface area contributed by atoms with Crippen LogP contribution in [0, 0.1) is 24.0 Å². The standard InChI is InChI=1S/C12H15NO3/c1-5-10-6-11(13(15)16)12(9(4)14)8(3)7(10)2/h6H,5H2,1-4H3. The molecule has 0 fully saturated rings. The van der Waals surface area contributed by atoms with Crippen LogP contribution < -0.4 is 0 Å². The van der Waals surface area contributed by atoms with Crippen LogP contribution in [-0.4, -0.2) is 10.7 Å². The Morgan fingerprint density at radius 1 is 1.38 bits per heavy atom. The quantitative estimate of drug-likeness (QED) is 0.448. The molecular formula is C12H15NO3. The molecule has 0 saturated carbocycles. The first-order valence-electron chi connectivity index (χ1n) is 5.18. The van der Waals surface area contributed by atoms with Crippen LogP contribution in [0.1, 0.15) is 40.9 Å². The van der Waals surface area contributed by atoms with Gasteiger partial charge >= 0.3 is 0 Å². The highest BCUT2D eigenvalue weighted by Gasteiger charge is 2.22. The molecule has 0 spiro atoms. The molecule has 0 aliphatic carbocycles. The molecule has 1 aromatic carbocycles. The molecule has 86 valence electrons.